The van der Waals surface area contributed by atoms with Crippen LogP contribution in [-0.4, -0.2) is 27.4 Å². The third kappa shape index (κ3) is 5.06. The number of hydrogen-bond donors (Lipinski definition) is 1. The second-order valence-corrected chi connectivity index (χ2v) is 5.96. The van der Waals surface area contributed by atoms with Crippen LogP contribution in [0.2, 0.25) is 0 Å². The van der Waals surface area contributed by atoms with Crippen molar-refractivity contribution in [1.82, 2.24) is 4.98 Å². The maximum Gasteiger partial charge on any atom is 0.316 e. The van der Waals surface area contributed by atoms with Gasteiger partial charge in [-0.05, 0) is 44.9 Å². The first-order chi connectivity index (χ1) is 8.31. The molecule has 0 unspecified atom stereocenters. The van der Waals surface area contributed by atoms with Gasteiger partial charge >= 0.3 is 5.97 Å². The van der Waals surface area contributed by atoms with E-state index in [1.807, 2.05) is 33.8 Å². The molecule has 100 valence electrons. The molecule has 1 aromatic heterocycles. The fraction of sp³-hybridized carbons (Fsp3) is 0.538. The predicted molar refractivity (Wildman–Crippen MR) is 71.5 cm³/mol. The highest BCUT2D eigenvalue weighted by Gasteiger charge is 2.16. The van der Waals surface area contributed by atoms with Crippen molar-refractivity contribution < 1.29 is 14.6 Å². The van der Waals surface area contributed by atoms with Gasteiger partial charge in [0.25, 0.3) is 0 Å². The lowest BCUT2D eigenvalue weighted by Crippen LogP contribution is -2.24. The van der Waals surface area contributed by atoms with E-state index in [0.29, 0.717) is 0 Å². The predicted octanol–water partition coefficient (Wildman–Crippen LogP) is 2.32. The first kappa shape index (κ1) is 15.0. The molecule has 0 bridgehead atoms. The number of rotatable bonds is 4. The third-order valence-corrected chi connectivity index (χ3v) is 3.10. The molecule has 0 saturated carbocycles. The number of esters is 1. The van der Waals surface area contributed by atoms with E-state index in [0.717, 1.165) is 16.2 Å². The maximum atomic E-state index is 11.6. The smallest absolute Gasteiger partial charge is 0.316 e. The fourth-order valence-corrected chi connectivity index (χ4v) is 2.08. The molecule has 1 rings (SSSR count). The lowest BCUT2D eigenvalue weighted by molar-refractivity contribution is -0.151. The summed E-state index contributed by atoms with van der Waals surface area (Å²) in [5, 5.41) is 9.77. The molecule has 1 heterocycles. The molecule has 0 aromatic carbocycles. The molecule has 1 N–H and O–H groups in total. The quantitative estimate of drug-likeness (QED) is 0.671. The van der Waals surface area contributed by atoms with Gasteiger partial charge < -0.3 is 9.84 Å². The SMILES string of the molecule is Cc1cc(CO)cnc1SCC(=O)OC(C)(C)C. The van der Waals surface area contributed by atoms with E-state index in [-0.39, 0.29) is 18.3 Å². The van der Waals surface area contributed by atoms with Crippen LogP contribution in [0.25, 0.3) is 0 Å². The monoisotopic (exact) mass is 269 g/mol. The Morgan fingerprint density at radius 1 is 1.50 bits per heavy atom. The number of hydrogen-bond acceptors (Lipinski definition) is 5. The number of aliphatic hydroxyl groups excluding tert-OH is 1. The molecule has 4 nitrogen and oxygen atoms in total. The number of aromatic nitrogens is 1. The zero-order valence-electron chi connectivity index (χ0n) is 11.2. The summed E-state index contributed by atoms with van der Waals surface area (Å²) >= 11 is 1.35. The molecule has 0 radical (unpaired) electrons. The molecule has 0 aliphatic carbocycles. The van der Waals surface area contributed by atoms with Gasteiger partial charge in [-0.1, -0.05) is 11.8 Å². The zero-order chi connectivity index (χ0) is 13.8. The Balaban J connectivity index is 2.56. The Bertz CT molecular complexity index is 427. The minimum atomic E-state index is -0.457. The summed E-state index contributed by atoms with van der Waals surface area (Å²) in [6.07, 6.45) is 1.62. The summed E-state index contributed by atoms with van der Waals surface area (Å²) in [7, 11) is 0. The van der Waals surface area contributed by atoms with Gasteiger partial charge in [-0.3, -0.25) is 4.79 Å². The van der Waals surface area contributed by atoms with E-state index in [1.165, 1.54) is 11.8 Å². The molecule has 1 aromatic rings. The summed E-state index contributed by atoms with van der Waals surface area (Å²) in [6, 6.07) is 1.87. The summed E-state index contributed by atoms with van der Waals surface area (Å²) in [6.45, 7) is 7.41. The summed E-state index contributed by atoms with van der Waals surface area (Å²) in [4.78, 5) is 15.8. The minimum absolute atomic E-state index is 0.0230. The van der Waals surface area contributed by atoms with Gasteiger partial charge in [0.05, 0.1) is 17.4 Å². The van der Waals surface area contributed by atoms with Gasteiger partial charge in [-0.15, -0.1) is 0 Å². The van der Waals surface area contributed by atoms with E-state index < -0.39 is 5.60 Å². The number of pyridine rings is 1. The van der Waals surface area contributed by atoms with Gasteiger partial charge in [0, 0.05) is 6.20 Å². The highest BCUT2D eigenvalue weighted by molar-refractivity contribution is 7.99. The van der Waals surface area contributed by atoms with Gasteiger partial charge in [0.1, 0.15) is 5.60 Å². The van der Waals surface area contributed by atoms with E-state index in [9.17, 15) is 4.79 Å². The van der Waals surface area contributed by atoms with Gasteiger partial charge in [0.15, 0.2) is 0 Å². The number of aliphatic hydroxyl groups is 1. The Hall–Kier alpha value is -1.07. The molecule has 18 heavy (non-hydrogen) atoms. The molecule has 0 fully saturated rings. The largest absolute Gasteiger partial charge is 0.459 e. The lowest BCUT2D eigenvalue weighted by Gasteiger charge is -2.19. The number of carbonyl (C=O) groups excluding carboxylic acids is 1. The molecular formula is C13H19NO3S. The molecule has 0 atom stereocenters. The van der Waals surface area contributed by atoms with Crippen LogP contribution in [0.15, 0.2) is 17.3 Å². The Morgan fingerprint density at radius 3 is 2.67 bits per heavy atom. The van der Waals surface area contributed by atoms with Crippen molar-refractivity contribution in [3.63, 3.8) is 0 Å². The molecule has 0 aliphatic heterocycles. The first-order valence-electron chi connectivity index (χ1n) is 5.73. The highest BCUT2D eigenvalue weighted by atomic mass is 32.2. The average Bonchev–Trinajstić information content (AvgIpc) is 2.25. The highest BCUT2D eigenvalue weighted by Crippen LogP contribution is 2.21. The Kier molecular flexibility index (Phi) is 5.16. The van der Waals surface area contributed by atoms with Crippen molar-refractivity contribution in [3.8, 4) is 0 Å². The van der Waals surface area contributed by atoms with Crippen molar-refractivity contribution in [2.45, 2.75) is 44.9 Å². The number of nitrogens with zero attached hydrogens (tertiary/aromatic N) is 1. The van der Waals surface area contributed by atoms with Crippen LogP contribution in [-0.2, 0) is 16.1 Å². The lowest BCUT2D eigenvalue weighted by atomic mass is 10.2. The second kappa shape index (κ2) is 6.20. The van der Waals surface area contributed by atoms with Crippen LogP contribution < -0.4 is 0 Å². The topological polar surface area (TPSA) is 59.4 Å². The van der Waals surface area contributed by atoms with E-state index in [1.54, 1.807) is 6.20 Å². The van der Waals surface area contributed by atoms with Crippen molar-refractivity contribution in [3.05, 3.63) is 23.4 Å². The Morgan fingerprint density at radius 2 is 2.17 bits per heavy atom. The summed E-state index contributed by atoms with van der Waals surface area (Å²) in [5.41, 5.74) is 1.27. The van der Waals surface area contributed by atoms with E-state index >= 15 is 0 Å². The second-order valence-electron chi connectivity index (χ2n) is 5.00. The maximum absolute atomic E-state index is 11.6. The van der Waals surface area contributed by atoms with Crippen molar-refractivity contribution in [1.29, 1.82) is 0 Å². The average molecular weight is 269 g/mol. The first-order valence-corrected chi connectivity index (χ1v) is 6.71. The molecule has 0 amide bonds. The standard InChI is InChI=1S/C13H19NO3S/c1-9-5-10(7-15)6-14-12(9)18-8-11(16)17-13(2,3)4/h5-6,15H,7-8H2,1-4H3. The molecule has 0 spiro atoms. The van der Waals surface area contributed by atoms with Crippen LogP contribution in [0.4, 0.5) is 0 Å². The number of aryl methyl sites for hydroxylation is 1. The normalized spacial score (nSPS) is 11.4. The van der Waals surface area contributed by atoms with Crippen LogP contribution in [0.5, 0.6) is 0 Å². The minimum Gasteiger partial charge on any atom is -0.459 e. The number of ether oxygens (including phenoxy) is 1. The van der Waals surface area contributed by atoms with Gasteiger partial charge in [-0.2, -0.15) is 0 Å². The van der Waals surface area contributed by atoms with Crippen LogP contribution in [0.3, 0.4) is 0 Å². The van der Waals surface area contributed by atoms with Crippen LogP contribution >= 0.6 is 11.8 Å². The van der Waals surface area contributed by atoms with Crippen molar-refractivity contribution in [2.75, 3.05) is 5.75 Å². The Labute approximate surface area is 112 Å². The van der Waals surface area contributed by atoms with Gasteiger partial charge in [0.2, 0.25) is 0 Å². The van der Waals surface area contributed by atoms with E-state index in [4.69, 9.17) is 9.84 Å². The molecular weight excluding hydrogens is 250 g/mol. The van der Waals surface area contributed by atoms with Crippen molar-refractivity contribution >= 4 is 17.7 Å². The molecule has 5 heteroatoms. The molecule has 0 saturated heterocycles. The van der Waals surface area contributed by atoms with E-state index in [2.05, 4.69) is 4.98 Å². The number of thioether (sulfide) groups is 1. The van der Waals surface area contributed by atoms with Gasteiger partial charge in [-0.25, -0.2) is 4.98 Å². The van der Waals surface area contributed by atoms with Crippen molar-refractivity contribution in [2.24, 2.45) is 0 Å². The number of carbonyl (C=O) groups is 1. The fourth-order valence-electron chi connectivity index (χ4n) is 1.36. The zero-order valence-corrected chi connectivity index (χ0v) is 12.0. The summed E-state index contributed by atoms with van der Waals surface area (Å²) < 4.78 is 5.22. The summed E-state index contributed by atoms with van der Waals surface area (Å²) in [5.74, 6) is -0.0104. The van der Waals surface area contributed by atoms with Crippen LogP contribution in [0.1, 0.15) is 31.9 Å². The molecule has 0 aliphatic rings. The van der Waals surface area contributed by atoms with Crippen LogP contribution in [0, 0.1) is 6.92 Å². The third-order valence-electron chi connectivity index (χ3n) is 2.02.